The summed E-state index contributed by atoms with van der Waals surface area (Å²) in [6.07, 6.45) is -2.59. The molecular weight excluding hydrogens is 390 g/mol. The molecule has 0 aliphatic rings. The lowest BCUT2D eigenvalue weighted by Crippen LogP contribution is -2.29. The van der Waals surface area contributed by atoms with Gasteiger partial charge in [0.05, 0.1) is 5.02 Å². The molecule has 2 aromatic carbocycles. The second-order valence-electron chi connectivity index (χ2n) is 6.63. The average molecular weight is 408 g/mol. The third-order valence-corrected chi connectivity index (χ3v) is 4.73. The Kier molecular flexibility index (Phi) is 6.35. The van der Waals surface area contributed by atoms with Crippen molar-refractivity contribution in [1.82, 2.24) is 4.98 Å². The molecule has 0 saturated heterocycles. The number of nitrogens with zero attached hydrogens (tertiary/aromatic N) is 1. The minimum Gasteiger partial charge on any atom is -0.259 e. The zero-order valence-electron chi connectivity index (χ0n) is 14.8. The van der Waals surface area contributed by atoms with Crippen molar-refractivity contribution >= 4 is 11.6 Å². The van der Waals surface area contributed by atoms with Gasteiger partial charge in [-0.1, -0.05) is 66.2 Å². The summed E-state index contributed by atoms with van der Waals surface area (Å²) < 4.78 is 52.2. The molecule has 1 heterocycles. The molecule has 3 aromatic rings. The number of aromatic nitrogens is 1. The van der Waals surface area contributed by atoms with E-state index in [9.17, 15) is 17.6 Å². The van der Waals surface area contributed by atoms with Gasteiger partial charge in [0.1, 0.15) is 0 Å². The first-order chi connectivity index (χ1) is 13.3. The van der Waals surface area contributed by atoms with Crippen LogP contribution in [-0.4, -0.2) is 17.3 Å². The zero-order chi connectivity index (χ0) is 20.1. The maximum Gasteiger partial charge on any atom is 0.311 e. The van der Waals surface area contributed by atoms with Crippen LogP contribution in [0.4, 0.5) is 17.6 Å². The molecular formula is C22H18ClF4N. The van der Waals surface area contributed by atoms with Crippen molar-refractivity contribution in [1.29, 1.82) is 0 Å². The predicted octanol–water partition coefficient (Wildman–Crippen LogP) is 6.55. The molecule has 0 aliphatic heterocycles. The van der Waals surface area contributed by atoms with Crippen LogP contribution in [0.3, 0.4) is 0 Å². The van der Waals surface area contributed by atoms with Gasteiger partial charge in [0, 0.05) is 24.2 Å². The van der Waals surface area contributed by atoms with E-state index in [2.05, 4.69) is 4.98 Å². The van der Waals surface area contributed by atoms with Gasteiger partial charge < -0.3 is 0 Å². The fourth-order valence-corrected chi connectivity index (χ4v) is 3.22. The molecule has 6 heteroatoms. The molecule has 0 bridgehead atoms. The smallest absolute Gasteiger partial charge is 0.259 e. The van der Waals surface area contributed by atoms with E-state index in [0.717, 1.165) is 16.8 Å². The van der Waals surface area contributed by atoms with E-state index in [0.29, 0.717) is 11.4 Å². The molecule has 0 aliphatic carbocycles. The van der Waals surface area contributed by atoms with Crippen molar-refractivity contribution in [3.8, 4) is 0 Å². The normalized spacial score (nSPS) is 12.9. The van der Waals surface area contributed by atoms with Crippen LogP contribution in [0.25, 0.3) is 0 Å². The van der Waals surface area contributed by atoms with E-state index < -0.39 is 18.8 Å². The van der Waals surface area contributed by atoms with Gasteiger partial charge in [0.15, 0.2) is 0 Å². The van der Waals surface area contributed by atoms with Crippen LogP contribution < -0.4 is 0 Å². The van der Waals surface area contributed by atoms with Crippen molar-refractivity contribution in [3.63, 3.8) is 0 Å². The van der Waals surface area contributed by atoms with E-state index in [-0.39, 0.29) is 11.5 Å². The number of hydrogen-bond acceptors (Lipinski definition) is 1. The molecule has 0 amide bonds. The highest BCUT2D eigenvalue weighted by molar-refractivity contribution is 6.30. The summed E-state index contributed by atoms with van der Waals surface area (Å²) in [4.78, 5) is 4.38. The monoisotopic (exact) mass is 407 g/mol. The first-order valence-corrected chi connectivity index (χ1v) is 9.13. The Balaban J connectivity index is 1.96. The van der Waals surface area contributed by atoms with Crippen LogP contribution >= 0.6 is 11.6 Å². The van der Waals surface area contributed by atoms with E-state index in [1.165, 1.54) is 12.3 Å². The molecule has 0 fully saturated rings. The highest BCUT2D eigenvalue weighted by Gasteiger charge is 2.40. The summed E-state index contributed by atoms with van der Waals surface area (Å²) in [7, 11) is 0. The molecule has 28 heavy (non-hydrogen) atoms. The van der Waals surface area contributed by atoms with E-state index >= 15 is 0 Å². The zero-order valence-corrected chi connectivity index (χ0v) is 15.6. The Labute approximate surface area is 166 Å². The second kappa shape index (κ2) is 8.74. The molecule has 1 atom stereocenters. The molecule has 1 nitrogen and oxygen atoms in total. The third-order valence-electron chi connectivity index (χ3n) is 4.50. The van der Waals surface area contributed by atoms with Crippen molar-refractivity contribution in [3.05, 3.63) is 100 Å². The van der Waals surface area contributed by atoms with Gasteiger partial charge in [-0.2, -0.15) is 8.78 Å². The summed E-state index contributed by atoms with van der Waals surface area (Å²) in [6.45, 7) is 0. The fourth-order valence-electron chi connectivity index (χ4n) is 3.11. The molecule has 0 N–H and O–H groups in total. The van der Waals surface area contributed by atoms with Gasteiger partial charge in [-0.3, -0.25) is 4.98 Å². The number of alkyl halides is 4. The van der Waals surface area contributed by atoms with Crippen LogP contribution in [0.1, 0.15) is 28.3 Å². The lowest BCUT2D eigenvalue weighted by atomic mass is 9.87. The highest BCUT2D eigenvalue weighted by atomic mass is 35.5. The maximum atomic E-state index is 13.5. The first-order valence-electron chi connectivity index (χ1n) is 8.75. The van der Waals surface area contributed by atoms with Crippen molar-refractivity contribution in [2.24, 2.45) is 0 Å². The molecule has 0 radical (unpaired) electrons. The quantitative estimate of drug-likeness (QED) is 0.404. The van der Waals surface area contributed by atoms with E-state index in [1.807, 2.05) is 30.3 Å². The van der Waals surface area contributed by atoms with Crippen LogP contribution in [-0.2, 0) is 12.8 Å². The summed E-state index contributed by atoms with van der Waals surface area (Å²) in [6, 6.07) is 19.6. The van der Waals surface area contributed by atoms with Crippen LogP contribution in [0.2, 0.25) is 5.02 Å². The number of hydrogen-bond donors (Lipinski definition) is 0. The molecule has 1 unspecified atom stereocenters. The standard InChI is InChI=1S/C22H18ClF4N/c23-18-9-10-20(28-14-18)19(12-15-5-2-1-3-6-15)17-8-4-7-16(11-17)13-22(26,27)21(24)25/h1-11,14,19,21H,12-13H2. The maximum absolute atomic E-state index is 13.5. The summed E-state index contributed by atoms with van der Waals surface area (Å²) >= 11 is 5.93. The number of benzene rings is 2. The Hall–Kier alpha value is -2.40. The lowest BCUT2D eigenvalue weighted by Gasteiger charge is -2.20. The van der Waals surface area contributed by atoms with Gasteiger partial charge >= 0.3 is 12.3 Å². The van der Waals surface area contributed by atoms with Gasteiger partial charge in [0.2, 0.25) is 0 Å². The predicted molar refractivity (Wildman–Crippen MR) is 102 cm³/mol. The number of halogens is 5. The number of rotatable bonds is 7. The highest BCUT2D eigenvalue weighted by Crippen LogP contribution is 2.31. The third kappa shape index (κ3) is 5.10. The Morgan fingerprint density at radius 3 is 2.25 bits per heavy atom. The molecule has 3 rings (SSSR count). The van der Waals surface area contributed by atoms with Gasteiger partial charge in [-0.15, -0.1) is 0 Å². The lowest BCUT2D eigenvalue weighted by molar-refractivity contribution is -0.127. The van der Waals surface area contributed by atoms with E-state index in [4.69, 9.17) is 11.6 Å². The minimum absolute atomic E-state index is 0.162. The molecule has 0 spiro atoms. The Bertz CT molecular complexity index is 898. The van der Waals surface area contributed by atoms with Gasteiger partial charge in [-0.25, -0.2) is 8.78 Å². The summed E-state index contributed by atoms with van der Waals surface area (Å²) in [5.74, 6) is -4.29. The van der Waals surface area contributed by atoms with Crippen molar-refractivity contribution in [2.75, 3.05) is 0 Å². The topological polar surface area (TPSA) is 12.9 Å². The number of pyridine rings is 1. The van der Waals surface area contributed by atoms with Crippen molar-refractivity contribution < 1.29 is 17.6 Å². The van der Waals surface area contributed by atoms with E-state index in [1.54, 1.807) is 30.3 Å². The SMILES string of the molecule is FC(F)C(F)(F)Cc1cccc(C(Cc2ccccc2)c2ccc(Cl)cn2)c1. The minimum atomic E-state index is -4.06. The Morgan fingerprint density at radius 2 is 1.61 bits per heavy atom. The molecule has 1 aromatic heterocycles. The average Bonchev–Trinajstić information content (AvgIpc) is 2.67. The fraction of sp³-hybridized carbons (Fsp3) is 0.227. The first kappa shape index (κ1) is 20.3. The summed E-state index contributed by atoms with van der Waals surface area (Å²) in [5.41, 5.74) is 2.68. The van der Waals surface area contributed by atoms with Crippen molar-refractivity contribution in [2.45, 2.75) is 31.1 Å². The molecule has 0 saturated carbocycles. The molecule has 146 valence electrons. The second-order valence-corrected chi connectivity index (χ2v) is 7.06. The van der Waals surface area contributed by atoms with Crippen LogP contribution in [0.5, 0.6) is 0 Å². The van der Waals surface area contributed by atoms with Gasteiger partial charge in [-0.05, 0) is 35.2 Å². The van der Waals surface area contributed by atoms with Crippen LogP contribution in [0.15, 0.2) is 72.9 Å². The van der Waals surface area contributed by atoms with Crippen LogP contribution in [0, 0.1) is 0 Å². The Morgan fingerprint density at radius 1 is 0.893 bits per heavy atom. The largest absolute Gasteiger partial charge is 0.311 e. The summed E-state index contributed by atoms with van der Waals surface area (Å²) in [5, 5.41) is 0.493. The van der Waals surface area contributed by atoms with Gasteiger partial charge in [0.25, 0.3) is 0 Å².